The molecule has 0 aliphatic carbocycles. The van der Waals surface area contributed by atoms with Crippen LogP contribution in [-0.4, -0.2) is 28.9 Å². The summed E-state index contributed by atoms with van der Waals surface area (Å²) in [6.07, 6.45) is 1.22. The molecule has 9 heteroatoms. The van der Waals surface area contributed by atoms with E-state index in [1.807, 2.05) is 0 Å². The molecule has 0 bridgehead atoms. The molecule has 1 amide bonds. The van der Waals surface area contributed by atoms with E-state index in [1.165, 1.54) is 13.1 Å². The van der Waals surface area contributed by atoms with Crippen LogP contribution in [0.5, 0.6) is 11.5 Å². The fourth-order valence-corrected chi connectivity index (χ4v) is 2.44. The number of carbonyl (C=O) groups is 1. The van der Waals surface area contributed by atoms with Crippen LogP contribution in [0.2, 0.25) is 10.0 Å². The van der Waals surface area contributed by atoms with E-state index in [4.69, 9.17) is 32.7 Å². The van der Waals surface area contributed by atoms with Gasteiger partial charge in [-0.2, -0.15) is 5.10 Å². The van der Waals surface area contributed by atoms with Gasteiger partial charge in [0.2, 0.25) is 5.91 Å². The molecule has 1 aromatic heterocycles. The molecular weight excluding hydrogens is 357 g/mol. The first-order valence-corrected chi connectivity index (χ1v) is 7.86. The molecular formula is C15H13Cl2N3O4. The van der Waals surface area contributed by atoms with Crippen molar-refractivity contribution in [1.29, 1.82) is 0 Å². The van der Waals surface area contributed by atoms with Crippen LogP contribution in [0.25, 0.3) is 0 Å². The van der Waals surface area contributed by atoms with Crippen molar-refractivity contribution in [3.63, 3.8) is 0 Å². The van der Waals surface area contributed by atoms with Gasteiger partial charge in [0.25, 0.3) is 5.56 Å². The molecule has 3 rings (SSSR count). The van der Waals surface area contributed by atoms with E-state index < -0.39 is 17.5 Å². The summed E-state index contributed by atoms with van der Waals surface area (Å²) < 4.78 is 11.9. The van der Waals surface area contributed by atoms with Gasteiger partial charge in [-0.25, -0.2) is 4.68 Å². The maximum atomic E-state index is 12.4. The van der Waals surface area contributed by atoms with Gasteiger partial charge >= 0.3 is 0 Å². The standard InChI is InChI=1S/C15H13Cl2N3O4/c1-8(20-15(22)13(17)10(16)7-18-20)14(21)19-9-2-3-11-12(6-9)24-5-4-23-11/h2-3,6-8H,4-5H2,1H3,(H,19,21)/t8-/m1/s1. The summed E-state index contributed by atoms with van der Waals surface area (Å²) in [5.74, 6) is 0.742. The Morgan fingerprint density at radius 2 is 2.00 bits per heavy atom. The molecule has 0 fully saturated rings. The van der Waals surface area contributed by atoms with Crippen molar-refractivity contribution in [2.45, 2.75) is 13.0 Å². The highest BCUT2D eigenvalue weighted by Gasteiger charge is 2.20. The molecule has 1 aliphatic rings. The van der Waals surface area contributed by atoms with Gasteiger partial charge in [0.1, 0.15) is 24.3 Å². The number of rotatable bonds is 3. The van der Waals surface area contributed by atoms with Crippen LogP contribution in [0, 0.1) is 0 Å². The van der Waals surface area contributed by atoms with Crippen molar-refractivity contribution in [1.82, 2.24) is 9.78 Å². The van der Waals surface area contributed by atoms with Crippen molar-refractivity contribution in [3.05, 3.63) is 44.8 Å². The first-order valence-electron chi connectivity index (χ1n) is 7.10. The fourth-order valence-electron chi connectivity index (χ4n) is 2.18. The molecule has 7 nitrogen and oxygen atoms in total. The summed E-state index contributed by atoms with van der Waals surface area (Å²) >= 11 is 11.5. The van der Waals surface area contributed by atoms with Gasteiger partial charge < -0.3 is 14.8 Å². The Hall–Kier alpha value is -2.25. The highest BCUT2D eigenvalue weighted by Crippen LogP contribution is 2.32. The fraction of sp³-hybridized carbons (Fsp3) is 0.267. The lowest BCUT2D eigenvalue weighted by Gasteiger charge is -2.19. The van der Waals surface area contributed by atoms with Gasteiger partial charge in [-0.3, -0.25) is 9.59 Å². The number of amides is 1. The zero-order valence-electron chi connectivity index (χ0n) is 12.6. The van der Waals surface area contributed by atoms with Crippen LogP contribution in [-0.2, 0) is 4.79 Å². The van der Waals surface area contributed by atoms with Crippen molar-refractivity contribution >= 4 is 34.8 Å². The number of hydrogen-bond acceptors (Lipinski definition) is 5. The number of fused-ring (bicyclic) bond motifs is 1. The van der Waals surface area contributed by atoms with E-state index >= 15 is 0 Å². The van der Waals surface area contributed by atoms with Gasteiger partial charge in [0.15, 0.2) is 11.5 Å². The van der Waals surface area contributed by atoms with E-state index in [-0.39, 0.29) is 10.0 Å². The van der Waals surface area contributed by atoms with Crippen molar-refractivity contribution in [3.8, 4) is 11.5 Å². The lowest BCUT2D eigenvalue weighted by molar-refractivity contribution is -0.119. The monoisotopic (exact) mass is 369 g/mol. The van der Waals surface area contributed by atoms with Gasteiger partial charge in [-0.1, -0.05) is 23.2 Å². The van der Waals surface area contributed by atoms with E-state index in [0.29, 0.717) is 30.4 Å². The Kier molecular flexibility index (Phi) is 4.64. The SMILES string of the molecule is C[C@H](C(=O)Nc1ccc2c(c1)OCCO2)n1ncc(Cl)c(Cl)c1=O. The normalized spacial score (nSPS) is 14.1. The third-order valence-electron chi connectivity index (χ3n) is 3.46. The van der Waals surface area contributed by atoms with Gasteiger partial charge in [0, 0.05) is 11.8 Å². The molecule has 1 N–H and O–H groups in total. The second kappa shape index (κ2) is 6.70. The average molecular weight is 370 g/mol. The first kappa shape index (κ1) is 16.6. The number of nitrogens with zero attached hydrogens (tertiary/aromatic N) is 2. The molecule has 1 aromatic carbocycles. The summed E-state index contributed by atoms with van der Waals surface area (Å²) in [5.41, 5.74) is -0.113. The summed E-state index contributed by atoms with van der Waals surface area (Å²) in [6, 6.07) is 4.17. The maximum absolute atomic E-state index is 12.4. The molecule has 0 saturated carbocycles. The maximum Gasteiger partial charge on any atom is 0.287 e. The molecule has 126 valence electrons. The molecule has 0 saturated heterocycles. The molecule has 2 heterocycles. The number of nitrogens with one attached hydrogen (secondary N) is 1. The van der Waals surface area contributed by atoms with Crippen LogP contribution in [0.15, 0.2) is 29.2 Å². The molecule has 1 atom stereocenters. The van der Waals surface area contributed by atoms with Crippen molar-refractivity contribution in [2.24, 2.45) is 0 Å². The highest BCUT2D eigenvalue weighted by molar-refractivity contribution is 6.41. The quantitative estimate of drug-likeness (QED) is 0.898. The molecule has 0 spiro atoms. The number of aromatic nitrogens is 2. The van der Waals surface area contributed by atoms with Crippen LogP contribution < -0.4 is 20.3 Å². The van der Waals surface area contributed by atoms with Crippen molar-refractivity contribution in [2.75, 3.05) is 18.5 Å². The summed E-state index contributed by atoms with van der Waals surface area (Å²) in [6.45, 7) is 2.47. The third kappa shape index (κ3) is 3.18. The van der Waals surface area contributed by atoms with Crippen LogP contribution in [0.4, 0.5) is 5.69 Å². The van der Waals surface area contributed by atoms with Gasteiger partial charge in [0.05, 0.1) is 11.2 Å². The Balaban J connectivity index is 1.80. The number of carbonyl (C=O) groups excluding carboxylic acids is 1. The number of anilines is 1. The largest absolute Gasteiger partial charge is 0.486 e. The Morgan fingerprint density at radius 3 is 2.75 bits per heavy atom. The summed E-state index contributed by atoms with van der Waals surface area (Å²) in [7, 11) is 0. The smallest absolute Gasteiger partial charge is 0.287 e. The molecule has 24 heavy (non-hydrogen) atoms. The molecule has 1 aliphatic heterocycles. The van der Waals surface area contributed by atoms with E-state index in [1.54, 1.807) is 18.2 Å². The topological polar surface area (TPSA) is 82.4 Å². The molecule has 0 radical (unpaired) electrons. The van der Waals surface area contributed by atoms with Gasteiger partial charge in [-0.15, -0.1) is 0 Å². The lowest BCUT2D eigenvalue weighted by Crippen LogP contribution is -2.33. The Bertz CT molecular complexity index is 853. The highest BCUT2D eigenvalue weighted by atomic mass is 35.5. The first-order chi connectivity index (χ1) is 11.5. The Morgan fingerprint density at radius 1 is 1.29 bits per heavy atom. The molecule has 2 aromatic rings. The zero-order valence-corrected chi connectivity index (χ0v) is 14.1. The number of hydrogen-bond donors (Lipinski definition) is 1. The zero-order chi connectivity index (χ0) is 17.3. The van der Waals surface area contributed by atoms with E-state index in [9.17, 15) is 9.59 Å². The van der Waals surface area contributed by atoms with Crippen LogP contribution in [0.3, 0.4) is 0 Å². The van der Waals surface area contributed by atoms with Crippen LogP contribution >= 0.6 is 23.2 Å². The van der Waals surface area contributed by atoms with E-state index in [2.05, 4.69) is 10.4 Å². The number of halogens is 2. The minimum Gasteiger partial charge on any atom is -0.486 e. The lowest BCUT2D eigenvalue weighted by atomic mass is 10.2. The number of ether oxygens (including phenoxy) is 2. The Labute approximate surface area is 147 Å². The predicted octanol–water partition coefficient (Wildman–Crippen LogP) is 2.52. The third-order valence-corrected chi connectivity index (χ3v) is 4.21. The van der Waals surface area contributed by atoms with Crippen LogP contribution in [0.1, 0.15) is 13.0 Å². The minimum absolute atomic E-state index is 0.0392. The van der Waals surface area contributed by atoms with E-state index in [0.717, 1.165) is 4.68 Å². The number of benzene rings is 1. The predicted molar refractivity (Wildman–Crippen MR) is 89.3 cm³/mol. The summed E-state index contributed by atoms with van der Waals surface area (Å²) in [4.78, 5) is 24.4. The second-order valence-corrected chi connectivity index (χ2v) is 5.87. The summed E-state index contributed by atoms with van der Waals surface area (Å²) in [5, 5.41) is 6.42. The molecule has 0 unspecified atom stereocenters. The second-order valence-electron chi connectivity index (χ2n) is 5.08. The minimum atomic E-state index is -0.875. The van der Waals surface area contributed by atoms with Gasteiger partial charge in [-0.05, 0) is 19.1 Å². The average Bonchev–Trinajstić information content (AvgIpc) is 2.59. The van der Waals surface area contributed by atoms with Crippen molar-refractivity contribution < 1.29 is 14.3 Å².